The minimum absolute atomic E-state index is 0.240. The molecule has 0 radical (unpaired) electrons. The molecule has 1 atom stereocenters. The molecule has 0 bridgehead atoms. The number of hydrogen-bond donors (Lipinski definition) is 1. The molecule has 4 nitrogen and oxygen atoms in total. The van der Waals surface area contributed by atoms with Crippen molar-refractivity contribution in [3.63, 3.8) is 0 Å². The monoisotopic (exact) mass is 287 g/mol. The molecule has 0 aliphatic rings. The van der Waals surface area contributed by atoms with Crippen molar-refractivity contribution in [3.8, 4) is 0 Å². The highest BCUT2D eigenvalue weighted by atomic mass is 16.5. The molecular weight excluding hydrogens is 262 g/mol. The average Bonchev–Trinajstić information content (AvgIpc) is 2.96. The van der Waals surface area contributed by atoms with E-state index in [4.69, 9.17) is 4.52 Å². The second-order valence-electron chi connectivity index (χ2n) is 6.00. The maximum atomic E-state index is 5.41. The molecule has 21 heavy (non-hydrogen) atoms. The molecule has 0 saturated heterocycles. The maximum Gasteiger partial charge on any atom is 0.226 e. The zero-order valence-electron chi connectivity index (χ0n) is 13.4. The third-order valence-electron chi connectivity index (χ3n) is 3.87. The van der Waals surface area contributed by atoms with Gasteiger partial charge in [-0.15, -0.1) is 0 Å². The predicted molar refractivity (Wildman–Crippen MR) is 84.3 cm³/mol. The van der Waals surface area contributed by atoms with Gasteiger partial charge in [0.15, 0.2) is 5.82 Å². The molecule has 1 N–H and O–H groups in total. The van der Waals surface area contributed by atoms with E-state index in [1.54, 1.807) is 0 Å². The Morgan fingerprint density at radius 1 is 1.24 bits per heavy atom. The number of hydrogen-bond acceptors (Lipinski definition) is 4. The van der Waals surface area contributed by atoms with Gasteiger partial charge in [-0.25, -0.2) is 0 Å². The van der Waals surface area contributed by atoms with E-state index in [-0.39, 0.29) is 5.41 Å². The highest BCUT2D eigenvalue weighted by Crippen LogP contribution is 2.29. The van der Waals surface area contributed by atoms with Crippen LogP contribution in [0.1, 0.15) is 51.4 Å². The number of nitrogens with one attached hydrogen (secondary N) is 1. The van der Waals surface area contributed by atoms with Gasteiger partial charge < -0.3 is 9.84 Å². The van der Waals surface area contributed by atoms with Crippen LogP contribution in [0.5, 0.6) is 0 Å². The lowest BCUT2D eigenvalue weighted by Gasteiger charge is -2.20. The van der Waals surface area contributed by atoms with Crippen LogP contribution in [0.25, 0.3) is 0 Å². The van der Waals surface area contributed by atoms with Crippen LogP contribution in [0.4, 0.5) is 0 Å². The molecule has 0 amide bonds. The summed E-state index contributed by atoms with van der Waals surface area (Å²) in [6.45, 7) is 9.52. The van der Waals surface area contributed by atoms with Gasteiger partial charge in [0.1, 0.15) is 0 Å². The fourth-order valence-electron chi connectivity index (χ4n) is 2.38. The van der Waals surface area contributed by atoms with E-state index in [1.165, 1.54) is 5.56 Å². The fraction of sp³-hybridized carbons (Fsp3) is 0.529. The van der Waals surface area contributed by atoms with Gasteiger partial charge in [0, 0.05) is 12.5 Å². The standard InChI is InChI=1S/C17H25N3O/c1-5-18-13(2)11-12-15-19-16(20-21-15)17(3,4)14-9-7-6-8-10-14/h6-10,13,18H,5,11-12H2,1-4H3. The van der Waals surface area contributed by atoms with E-state index in [9.17, 15) is 0 Å². The topological polar surface area (TPSA) is 51.0 Å². The van der Waals surface area contributed by atoms with Crippen molar-refractivity contribution in [3.05, 3.63) is 47.6 Å². The largest absolute Gasteiger partial charge is 0.339 e. The van der Waals surface area contributed by atoms with Crippen molar-refractivity contribution in [2.75, 3.05) is 6.54 Å². The van der Waals surface area contributed by atoms with Gasteiger partial charge in [-0.05, 0) is 39.3 Å². The summed E-state index contributed by atoms with van der Waals surface area (Å²) in [4.78, 5) is 4.58. The molecule has 0 fully saturated rings. The van der Waals surface area contributed by atoms with E-state index >= 15 is 0 Å². The summed E-state index contributed by atoms with van der Waals surface area (Å²) in [5.74, 6) is 1.47. The van der Waals surface area contributed by atoms with Gasteiger partial charge in [0.2, 0.25) is 5.89 Å². The van der Waals surface area contributed by atoms with Crippen molar-refractivity contribution < 1.29 is 4.52 Å². The van der Waals surface area contributed by atoms with Crippen LogP contribution in [0.15, 0.2) is 34.9 Å². The highest BCUT2D eigenvalue weighted by Gasteiger charge is 2.28. The van der Waals surface area contributed by atoms with Crippen LogP contribution in [0, 0.1) is 0 Å². The smallest absolute Gasteiger partial charge is 0.226 e. The molecule has 114 valence electrons. The Morgan fingerprint density at radius 3 is 2.62 bits per heavy atom. The summed E-state index contributed by atoms with van der Waals surface area (Å²) in [6.07, 6.45) is 1.81. The first-order valence-electron chi connectivity index (χ1n) is 7.66. The summed E-state index contributed by atoms with van der Waals surface area (Å²) in [5.41, 5.74) is 0.953. The van der Waals surface area contributed by atoms with Crippen molar-refractivity contribution in [2.45, 2.75) is 52.0 Å². The fourth-order valence-corrected chi connectivity index (χ4v) is 2.38. The Morgan fingerprint density at radius 2 is 1.95 bits per heavy atom. The zero-order chi connectivity index (χ0) is 15.3. The first-order chi connectivity index (χ1) is 10.0. The third kappa shape index (κ3) is 3.91. The van der Waals surface area contributed by atoms with E-state index in [0.29, 0.717) is 6.04 Å². The summed E-state index contributed by atoms with van der Waals surface area (Å²) >= 11 is 0. The summed E-state index contributed by atoms with van der Waals surface area (Å²) < 4.78 is 5.41. The van der Waals surface area contributed by atoms with Crippen LogP contribution < -0.4 is 5.32 Å². The third-order valence-corrected chi connectivity index (χ3v) is 3.87. The molecule has 0 aliphatic heterocycles. The van der Waals surface area contributed by atoms with Crippen molar-refractivity contribution in [2.24, 2.45) is 0 Å². The van der Waals surface area contributed by atoms with Gasteiger partial charge in [-0.3, -0.25) is 0 Å². The Labute approximate surface area is 127 Å². The second-order valence-corrected chi connectivity index (χ2v) is 6.00. The van der Waals surface area contributed by atoms with Crippen LogP contribution >= 0.6 is 0 Å². The summed E-state index contributed by atoms with van der Waals surface area (Å²) in [7, 11) is 0. The van der Waals surface area contributed by atoms with Crippen molar-refractivity contribution in [1.82, 2.24) is 15.5 Å². The van der Waals surface area contributed by atoms with Gasteiger partial charge in [-0.2, -0.15) is 4.98 Å². The SMILES string of the molecule is CCNC(C)CCc1nc(C(C)(C)c2ccccc2)no1. The molecule has 1 aromatic heterocycles. The maximum absolute atomic E-state index is 5.41. The first-order valence-corrected chi connectivity index (χ1v) is 7.66. The van der Waals surface area contributed by atoms with E-state index in [0.717, 1.165) is 31.1 Å². The minimum Gasteiger partial charge on any atom is -0.339 e. The summed E-state index contributed by atoms with van der Waals surface area (Å²) in [6, 6.07) is 10.8. The molecule has 1 aromatic carbocycles. The van der Waals surface area contributed by atoms with Crippen molar-refractivity contribution in [1.29, 1.82) is 0 Å². The Hall–Kier alpha value is -1.68. The van der Waals surface area contributed by atoms with Gasteiger partial charge in [-0.1, -0.05) is 42.4 Å². The Balaban J connectivity index is 2.05. The molecule has 1 heterocycles. The molecule has 0 aliphatic carbocycles. The number of aromatic nitrogens is 2. The first kappa shape index (κ1) is 15.7. The quantitative estimate of drug-likeness (QED) is 0.848. The second kappa shape index (κ2) is 6.85. The molecular formula is C17H25N3O. The molecule has 2 aromatic rings. The number of aryl methyl sites for hydroxylation is 1. The Kier molecular flexibility index (Phi) is 5.12. The lowest BCUT2D eigenvalue weighted by Crippen LogP contribution is -2.26. The number of rotatable bonds is 7. The number of nitrogens with zero attached hydrogens (tertiary/aromatic N) is 2. The van der Waals surface area contributed by atoms with Gasteiger partial charge in [0.05, 0.1) is 5.41 Å². The molecule has 2 rings (SSSR count). The molecule has 0 saturated carbocycles. The molecule has 1 unspecified atom stereocenters. The van der Waals surface area contributed by atoms with Crippen LogP contribution in [-0.4, -0.2) is 22.7 Å². The highest BCUT2D eigenvalue weighted by molar-refractivity contribution is 5.30. The van der Waals surface area contributed by atoms with Crippen LogP contribution in [0.2, 0.25) is 0 Å². The Bertz CT molecular complexity index is 548. The predicted octanol–water partition coefficient (Wildman–Crippen LogP) is 3.33. The summed E-state index contributed by atoms with van der Waals surface area (Å²) in [5, 5.41) is 7.57. The van der Waals surface area contributed by atoms with E-state index in [1.807, 2.05) is 18.2 Å². The zero-order valence-corrected chi connectivity index (χ0v) is 13.4. The van der Waals surface area contributed by atoms with Crippen molar-refractivity contribution >= 4 is 0 Å². The van der Waals surface area contributed by atoms with E-state index < -0.39 is 0 Å². The lowest BCUT2D eigenvalue weighted by molar-refractivity contribution is 0.357. The molecule has 0 spiro atoms. The average molecular weight is 287 g/mol. The molecule has 4 heteroatoms. The minimum atomic E-state index is -0.240. The number of benzene rings is 1. The normalized spacial score (nSPS) is 13.3. The van der Waals surface area contributed by atoms with Gasteiger partial charge >= 0.3 is 0 Å². The van der Waals surface area contributed by atoms with Crippen LogP contribution in [0.3, 0.4) is 0 Å². The van der Waals surface area contributed by atoms with E-state index in [2.05, 4.69) is 55.3 Å². The van der Waals surface area contributed by atoms with Crippen LogP contribution in [-0.2, 0) is 11.8 Å². The lowest BCUT2D eigenvalue weighted by atomic mass is 9.84. The van der Waals surface area contributed by atoms with Gasteiger partial charge in [0.25, 0.3) is 0 Å².